The Morgan fingerprint density at radius 2 is 1.67 bits per heavy atom. The first kappa shape index (κ1) is 17.6. The van der Waals surface area contributed by atoms with Gasteiger partial charge in [0.15, 0.2) is 0 Å². The maximum atomic E-state index is 11.2. The average molecular weight is 366 g/mol. The molecule has 6 heteroatoms. The number of hydrogen-bond acceptors (Lipinski definition) is 4. The van der Waals surface area contributed by atoms with E-state index in [4.69, 9.17) is 0 Å². The van der Waals surface area contributed by atoms with Crippen LogP contribution in [0.15, 0.2) is 36.4 Å². The molecule has 27 heavy (non-hydrogen) atoms. The first-order valence-corrected chi connectivity index (χ1v) is 8.77. The van der Waals surface area contributed by atoms with Crippen LogP contribution in [0.5, 0.6) is 5.75 Å². The van der Waals surface area contributed by atoms with Crippen LogP contribution in [-0.4, -0.2) is 31.4 Å². The van der Waals surface area contributed by atoms with Crippen molar-refractivity contribution in [3.8, 4) is 17.0 Å². The van der Waals surface area contributed by atoms with Gasteiger partial charge in [-0.15, -0.1) is 0 Å². The Hall–Kier alpha value is -2.83. The number of rotatable bonds is 2. The molecule has 140 valence electrons. The number of benzene rings is 2. The molecule has 6 nitrogen and oxygen atoms in total. The third-order valence-electron chi connectivity index (χ3n) is 5.68. The second-order valence-corrected chi connectivity index (χ2v) is 8.13. The SMILES string of the molecule is CC1(C)c2ccc(-c3cc4cc(C(=O)O)c(O)cc4[nH]3)cc2C(C)(C)N1O. The summed E-state index contributed by atoms with van der Waals surface area (Å²) in [4.78, 5) is 14.5. The molecule has 4 rings (SSSR count). The normalized spacial score (nSPS) is 18.0. The highest BCUT2D eigenvalue weighted by atomic mass is 16.5. The van der Waals surface area contributed by atoms with E-state index in [1.807, 2.05) is 45.9 Å². The molecule has 0 bridgehead atoms. The van der Waals surface area contributed by atoms with Gasteiger partial charge in [0.25, 0.3) is 0 Å². The molecule has 2 heterocycles. The molecule has 1 aliphatic rings. The molecular formula is C21H22N2O4. The fourth-order valence-corrected chi connectivity index (χ4v) is 4.17. The number of aromatic carboxylic acids is 1. The number of aromatic hydroxyl groups is 1. The van der Waals surface area contributed by atoms with Crippen molar-refractivity contribution in [2.45, 2.75) is 38.8 Å². The molecular weight excluding hydrogens is 344 g/mol. The van der Waals surface area contributed by atoms with E-state index in [-0.39, 0.29) is 11.3 Å². The highest BCUT2D eigenvalue weighted by Crippen LogP contribution is 2.49. The Bertz CT molecular complexity index is 1090. The molecule has 0 saturated heterocycles. The summed E-state index contributed by atoms with van der Waals surface area (Å²) in [6, 6.07) is 10.8. The van der Waals surface area contributed by atoms with Crippen molar-refractivity contribution in [3.63, 3.8) is 0 Å². The second kappa shape index (κ2) is 5.34. The van der Waals surface area contributed by atoms with Crippen LogP contribution in [0, 0.1) is 0 Å². The van der Waals surface area contributed by atoms with Crippen molar-refractivity contribution in [1.82, 2.24) is 10.0 Å². The number of hydroxylamine groups is 2. The van der Waals surface area contributed by atoms with Gasteiger partial charge in [-0.2, -0.15) is 5.06 Å². The zero-order chi connectivity index (χ0) is 19.7. The van der Waals surface area contributed by atoms with Crippen molar-refractivity contribution in [1.29, 1.82) is 0 Å². The lowest BCUT2D eigenvalue weighted by atomic mass is 9.89. The maximum absolute atomic E-state index is 11.2. The fourth-order valence-electron chi connectivity index (χ4n) is 4.17. The molecule has 0 amide bonds. The number of hydrogen-bond donors (Lipinski definition) is 4. The van der Waals surface area contributed by atoms with Gasteiger partial charge >= 0.3 is 5.97 Å². The summed E-state index contributed by atoms with van der Waals surface area (Å²) < 4.78 is 0. The molecule has 0 aliphatic carbocycles. The first-order valence-electron chi connectivity index (χ1n) is 8.77. The van der Waals surface area contributed by atoms with E-state index in [0.717, 1.165) is 22.4 Å². The summed E-state index contributed by atoms with van der Waals surface area (Å²) in [5.41, 5.74) is 3.38. The molecule has 4 N–H and O–H groups in total. The summed E-state index contributed by atoms with van der Waals surface area (Å²) in [6.07, 6.45) is 0. The molecule has 0 saturated carbocycles. The number of aromatic amines is 1. The quantitative estimate of drug-likeness (QED) is 0.538. The standard InChI is InChI=1S/C21H22N2O4/c1-20(2)14-6-5-11(8-15(14)21(3,4)23(20)27)16-9-12-7-13(19(25)26)18(24)10-17(12)22-16/h5-10,22,24,27H,1-4H3,(H,25,26). The molecule has 3 aromatic rings. The van der Waals surface area contributed by atoms with Gasteiger partial charge in [0.2, 0.25) is 0 Å². The zero-order valence-corrected chi connectivity index (χ0v) is 15.7. The van der Waals surface area contributed by atoms with Crippen molar-refractivity contribution < 1.29 is 20.2 Å². The Labute approximate surface area is 156 Å². The Morgan fingerprint density at radius 3 is 2.33 bits per heavy atom. The lowest BCUT2D eigenvalue weighted by Gasteiger charge is -2.34. The van der Waals surface area contributed by atoms with Gasteiger partial charge in [-0.05, 0) is 62.6 Å². The largest absolute Gasteiger partial charge is 0.507 e. The van der Waals surface area contributed by atoms with Gasteiger partial charge < -0.3 is 20.4 Å². The van der Waals surface area contributed by atoms with E-state index >= 15 is 0 Å². The van der Waals surface area contributed by atoms with Crippen molar-refractivity contribution in [2.24, 2.45) is 0 Å². The number of nitrogens with one attached hydrogen (secondary N) is 1. The lowest BCUT2D eigenvalue weighted by Crippen LogP contribution is -2.42. The number of phenols is 1. The molecule has 0 unspecified atom stereocenters. The van der Waals surface area contributed by atoms with E-state index in [2.05, 4.69) is 11.1 Å². The monoisotopic (exact) mass is 366 g/mol. The van der Waals surface area contributed by atoms with Crippen LogP contribution < -0.4 is 0 Å². The number of fused-ring (bicyclic) bond motifs is 2. The fraction of sp³-hybridized carbons (Fsp3) is 0.286. The molecule has 0 radical (unpaired) electrons. The van der Waals surface area contributed by atoms with E-state index < -0.39 is 17.0 Å². The van der Waals surface area contributed by atoms with Gasteiger partial charge in [-0.1, -0.05) is 12.1 Å². The van der Waals surface area contributed by atoms with Crippen LogP contribution in [0.4, 0.5) is 0 Å². The first-order chi connectivity index (χ1) is 12.5. The summed E-state index contributed by atoms with van der Waals surface area (Å²) in [6.45, 7) is 7.93. The predicted octanol–water partition coefficient (Wildman–Crippen LogP) is 4.41. The van der Waals surface area contributed by atoms with Crippen LogP contribution in [0.3, 0.4) is 0 Å². The van der Waals surface area contributed by atoms with Gasteiger partial charge in [-0.25, -0.2) is 4.79 Å². The molecule has 0 spiro atoms. The van der Waals surface area contributed by atoms with Crippen LogP contribution in [0.25, 0.3) is 22.2 Å². The van der Waals surface area contributed by atoms with Gasteiger partial charge in [0.05, 0.1) is 11.1 Å². The summed E-state index contributed by atoms with van der Waals surface area (Å²) in [7, 11) is 0. The van der Waals surface area contributed by atoms with Crippen LogP contribution >= 0.6 is 0 Å². The number of H-pyrrole nitrogens is 1. The number of nitrogens with zero attached hydrogens (tertiary/aromatic N) is 1. The van der Waals surface area contributed by atoms with Crippen molar-refractivity contribution >= 4 is 16.9 Å². The number of carbonyl (C=O) groups is 1. The Morgan fingerprint density at radius 1 is 1.00 bits per heavy atom. The third-order valence-corrected chi connectivity index (χ3v) is 5.68. The third kappa shape index (κ3) is 2.37. The maximum Gasteiger partial charge on any atom is 0.339 e. The average Bonchev–Trinajstić information content (AvgIpc) is 3.06. The Balaban J connectivity index is 1.86. The molecule has 2 aromatic carbocycles. The molecule has 1 aliphatic heterocycles. The van der Waals surface area contributed by atoms with E-state index in [0.29, 0.717) is 10.9 Å². The van der Waals surface area contributed by atoms with Crippen LogP contribution in [-0.2, 0) is 11.1 Å². The highest BCUT2D eigenvalue weighted by molar-refractivity contribution is 5.98. The number of aromatic nitrogens is 1. The minimum Gasteiger partial charge on any atom is -0.507 e. The summed E-state index contributed by atoms with van der Waals surface area (Å²) >= 11 is 0. The lowest BCUT2D eigenvalue weighted by molar-refractivity contribution is -0.216. The summed E-state index contributed by atoms with van der Waals surface area (Å²) in [5.74, 6) is -1.43. The molecule has 0 fully saturated rings. The minimum absolute atomic E-state index is 0.124. The van der Waals surface area contributed by atoms with Gasteiger partial charge in [-0.3, -0.25) is 0 Å². The highest BCUT2D eigenvalue weighted by Gasteiger charge is 2.48. The van der Waals surface area contributed by atoms with E-state index in [1.165, 1.54) is 17.2 Å². The predicted molar refractivity (Wildman–Crippen MR) is 102 cm³/mol. The molecule has 0 atom stereocenters. The van der Waals surface area contributed by atoms with E-state index in [9.17, 15) is 20.2 Å². The minimum atomic E-state index is -1.17. The topological polar surface area (TPSA) is 96.8 Å². The van der Waals surface area contributed by atoms with Crippen molar-refractivity contribution in [3.05, 3.63) is 53.1 Å². The second-order valence-electron chi connectivity index (χ2n) is 8.13. The smallest absolute Gasteiger partial charge is 0.339 e. The molecule has 1 aromatic heterocycles. The number of carboxylic acid groups (broad SMARTS) is 1. The zero-order valence-electron chi connectivity index (χ0n) is 15.7. The number of carboxylic acids is 1. The van der Waals surface area contributed by atoms with Crippen LogP contribution in [0.2, 0.25) is 0 Å². The van der Waals surface area contributed by atoms with Crippen LogP contribution in [0.1, 0.15) is 49.2 Å². The van der Waals surface area contributed by atoms with Gasteiger partial charge in [0.1, 0.15) is 11.3 Å². The Kier molecular flexibility index (Phi) is 3.48. The van der Waals surface area contributed by atoms with Gasteiger partial charge in [0, 0.05) is 22.7 Å². The van der Waals surface area contributed by atoms with Crippen molar-refractivity contribution in [2.75, 3.05) is 0 Å². The van der Waals surface area contributed by atoms with E-state index in [1.54, 1.807) is 0 Å². The summed E-state index contributed by atoms with van der Waals surface area (Å²) in [5, 5.41) is 31.8.